The number of fused-ring (bicyclic) bond motifs is 2. The van der Waals surface area contributed by atoms with E-state index in [9.17, 15) is 19.2 Å². The summed E-state index contributed by atoms with van der Waals surface area (Å²) in [6.07, 6.45) is 5.00. The maximum atomic E-state index is 14.9. The Hall–Kier alpha value is -4.66. The molecule has 0 bridgehead atoms. The summed E-state index contributed by atoms with van der Waals surface area (Å²) in [6.45, 7) is 16.8. The number of para-hydroxylation sites is 1. The average molecular weight is 871 g/mol. The number of rotatable bonds is 6. The van der Waals surface area contributed by atoms with Gasteiger partial charge in [0.2, 0.25) is 0 Å². The number of benzene rings is 6. The fraction of sp³-hybridized carbons (Fsp3) is 0.292. The molecule has 0 spiro atoms. The number of carbonyl (C=O) groups is 4. The van der Waals surface area contributed by atoms with Gasteiger partial charge in [-0.2, -0.15) is 0 Å². The summed E-state index contributed by atoms with van der Waals surface area (Å²) in [7, 11) is 0. The van der Waals surface area contributed by atoms with Crippen LogP contribution in [0.5, 0.6) is 0 Å². The molecular weight excluding hydrogens is 828 g/mol. The summed E-state index contributed by atoms with van der Waals surface area (Å²) < 4.78 is 1.40. The van der Waals surface area contributed by atoms with Crippen LogP contribution < -0.4 is 4.90 Å². The molecule has 1 unspecified atom stereocenters. The number of allylic oxidation sites excluding steroid dienone is 4. The van der Waals surface area contributed by atoms with Crippen LogP contribution >= 0.6 is 31.9 Å². The van der Waals surface area contributed by atoms with Crippen LogP contribution in [0, 0.1) is 17.8 Å². The van der Waals surface area contributed by atoms with Gasteiger partial charge >= 0.3 is 0 Å². The number of carbonyl (C=O) groups excluding carboxylic acids is 4. The predicted molar refractivity (Wildman–Crippen MR) is 233 cm³/mol. The lowest BCUT2D eigenvalue weighted by atomic mass is 9.78. The van der Waals surface area contributed by atoms with Crippen molar-refractivity contribution in [3.8, 4) is 0 Å². The Bertz CT molecular complexity index is 2830. The molecule has 282 valence electrons. The van der Waals surface area contributed by atoms with E-state index in [2.05, 4.69) is 99.4 Å². The van der Waals surface area contributed by atoms with Crippen molar-refractivity contribution >= 4 is 104 Å². The lowest BCUT2D eigenvalue weighted by molar-refractivity contribution is 0.0633. The third-order valence-electron chi connectivity index (χ3n) is 12.3. The predicted octanol–water partition coefficient (Wildman–Crippen LogP) is 13.0. The molecule has 56 heavy (non-hydrogen) atoms. The SMILES string of the molecule is CC(C)C1=C(N2C(=O)c3ccc4c5c(Br)cc6c7c(ccc(c8c(Br)cc(c3c48)C2=O)c75)C(=O)N(c2c(C(C)C)cccc2C(C)C)C6=O)C(C(C)C)CC=C1. The first-order valence-corrected chi connectivity index (χ1v) is 21.1. The van der Waals surface area contributed by atoms with Gasteiger partial charge in [0.1, 0.15) is 0 Å². The van der Waals surface area contributed by atoms with E-state index < -0.39 is 0 Å². The van der Waals surface area contributed by atoms with E-state index in [-0.39, 0.29) is 53.2 Å². The summed E-state index contributed by atoms with van der Waals surface area (Å²) in [5, 5.41) is 6.14. The maximum Gasteiger partial charge on any atom is 0.266 e. The highest BCUT2D eigenvalue weighted by atomic mass is 79.9. The van der Waals surface area contributed by atoms with Crippen molar-refractivity contribution < 1.29 is 19.2 Å². The van der Waals surface area contributed by atoms with Crippen LogP contribution in [0.1, 0.15) is 126 Å². The second kappa shape index (κ2) is 12.9. The van der Waals surface area contributed by atoms with E-state index in [0.29, 0.717) is 47.7 Å². The zero-order valence-electron chi connectivity index (χ0n) is 32.7. The van der Waals surface area contributed by atoms with Crippen molar-refractivity contribution in [1.82, 2.24) is 4.90 Å². The van der Waals surface area contributed by atoms with Crippen LogP contribution in [0.2, 0.25) is 0 Å². The lowest BCUT2D eigenvalue weighted by Crippen LogP contribution is -2.43. The second-order valence-corrected chi connectivity index (χ2v) is 18.6. The third-order valence-corrected chi connectivity index (χ3v) is 13.6. The third kappa shape index (κ3) is 4.90. The van der Waals surface area contributed by atoms with Crippen molar-refractivity contribution in [2.24, 2.45) is 17.8 Å². The lowest BCUT2D eigenvalue weighted by Gasteiger charge is -2.38. The number of hydrogen-bond acceptors (Lipinski definition) is 4. The topological polar surface area (TPSA) is 74.8 Å². The molecule has 0 aromatic heterocycles. The maximum absolute atomic E-state index is 14.9. The Kier molecular flexibility index (Phi) is 8.53. The molecule has 6 nitrogen and oxygen atoms in total. The fourth-order valence-electron chi connectivity index (χ4n) is 9.68. The molecule has 1 atom stereocenters. The van der Waals surface area contributed by atoms with E-state index in [1.807, 2.05) is 54.6 Å². The van der Waals surface area contributed by atoms with Crippen LogP contribution in [-0.4, -0.2) is 28.5 Å². The largest absolute Gasteiger partial charge is 0.268 e. The summed E-state index contributed by atoms with van der Waals surface area (Å²) in [5.74, 6) is -0.827. The van der Waals surface area contributed by atoms with Gasteiger partial charge in [-0.1, -0.05) is 130 Å². The minimum absolute atomic E-state index is 0.0164. The molecule has 0 fully saturated rings. The van der Waals surface area contributed by atoms with Crippen molar-refractivity contribution in [3.63, 3.8) is 0 Å². The van der Waals surface area contributed by atoms with Gasteiger partial charge in [-0.15, -0.1) is 0 Å². The quantitative estimate of drug-likeness (QED) is 0.0949. The number of nitrogens with zero attached hydrogens (tertiary/aromatic N) is 2. The molecule has 0 radical (unpaired) electrons. The molecule has 1 aliphatic carbocycles. The molecule has 4 amide bonds. The number of amides is 4. The van der Waals surface area contributed by atoms with Gasteiger partial charge in [0, 0.05) is 64.0 Å². The zero-order valence-corrected chi connectivity index (χ0v) is 35.9. The van der Waals surface area contributed by atoms with E-state index in [4.69, 9.17) is 0 Å². The van der Waals surface area contributed by atoms with Gasteiger partial charge in [-0.3, -0.25) is 19.2 Å². The normalized spacial score (nSPS) is 17.4. The van der Waals surface area contributed by atoms with Gasteiger partial charge in [-0.25, -0.2) is 9.80 Å². The Morgan fingerprint density at radius 3 is 1.48 bits per heavy atom. The Balaban J connectivity index is 1.32. The van der Waals surface area contributed by atoms with Crippen LogP contribution in [0.15, 0.2) is 87.0 Å². The van der Waals surface area contributed by atoms with Crippen molar-refractivity contribution in [3.05, 3.63) is 120 Å². The molecule has 3 aliphatic rings. The average Bonchev–Trinajstić information content (AvgIpc) is 3.15. The molecule has 6 aromatic carbocycles. The van der Waals surface area contributed by atoms with Gasteiger partial charge in [0.25, 0.3) is 23.6 Å². The smallest absolute Gasteiger partial charge is 0.266 e. The second-order valence-electron chi connectivity index (χ2n) is 16.9. The molecule has 2 heterocycles. The molecule has 0 saturated heterocycles. The molecule has 8 heteroatoms. The molecule has 9 rings (SSSR count). The van der Waals surface area contributed by atoms with Crippen LogP contribution in [0.25, 0.3) is 43.1 Å². The van der Waals surface area contributed by atoms with Gasteiger partial charge in [0.05, 0.1) is 16.8 Å². The van der Waals surface area contributed by atoms with E-state index in [1.165, 1.54) is 9.80 Å². The fourth-order valence-corrected chi connectivity index (χ4v) is 11.0. The molecule has 0 N–H and O–H groups in total. The van der Waals surface area contributed by atoms with Gasteiger partial charge in [-0.05, 0) is 81.8 Å². The molecular formula is C48H42Br2N2O4. The van der Waals surface area contributed by atoms with Crippen molar-refractivity contribution in [2.45, 2.75) is 73.6 Å². The number of hydrogen-bond donors (Lipinski definition) is 0. The van der Waals surface area contributed by atoms with Gasteiger partial charge < -0.3 is 0 Å². The van der Waals surface area contributed by atoms with Crippen molar-refractivity contribution in [1.29, 1.82) is 0 Å². The molecule has 2 aliphatic heterocycles. The Morgan fingerprint density at radius 1 is 0.554 bits per heavy atom. The summed E-state index contributed by atoms with van der Waals surface area (Å²) in [5.41, 5.74) is 6.23. The first-order chi connectivity index (χ1) is 26.6. The minimum Gasteiger partial charge on any atom is -0.268 e. The Morgan fingerprint density at radius 2 is 1.02 bits per heavy atom. The first kappa shape index (κ1) is 36.9. The monoisotopic (exact) mass is 868 g/mol. The number of halogens is 2. The molecule has 6 aromatic rings. The summed E-state index contributed by atoms with van der Waals surface area (Å²) >= 11 is 7.78. The first-order valence-electron chi connectivity index (χ1n) is 19.6. The molecule has 0 saturated carbocycles. The Labute approximate surface area is 343 Å². The summed E-state index contributed by atoms with van der Waals surface area (Å²) in [4.78, 5) is 62.1. The highest BCUT2D eigenvalue weighted by Gasteiger charge is 2.43. The van der Waals surface area contributed by atoms with Crippen LogP contribution in [0.4, 0.5) is 5.69 Å². The van der Waals surface area contributed by atoms with Crippen molar-refractivity contribution in [2.75, 3.05) is 4.90 Å². The zero-order chi connectivity index (χ0) is 39.8. The minimum atomic E-state index is -0.361. The van der Waals surface area contributed by atoms with E-state index >= 15 is 0 Å². The highest BCUT2D eigenvalue weighted by molar-refractivity contribution is 9.11. The number of imide groups is 2. The van der Waals surface area contributed by atoms with Gasteiger partial charge in [0.15, 0.2) is 0 Å². The van der Waals surface area contributed by atoms with E-state index in [0.717, 1.165) is 61.1 Å². The van der Waals surface area contributed by atoms with E-state index in [1.54, 1.807) is 0 Å². The highest BCUT2D eigenvalue weighted by Crippen LogP contribution is 2.52. The van der Waals surface area contributed by atoms with Crippen LogP contribution in [0.3, 0.4) is 0 Å². The summed E-state index contributed by atoms with van der Waals surface area (Å²) in [6, 6.07) is 17.3. The standard InChI is InChI=1S/C48H42Br2N2O4/c1-21(2)25-11-9-12-26(22(3)4)43(25)51-45(53)31-17-15-29-40-36(50)20-34-38-32(18-16-30(42(38)40)39-35(49)19-33(47(51)55)37(31)41(29)39)46(54)52(48(34)56)44-27(23(5)6)13-10-14-28(44)24(7)8/h9-13,15-24,28H,14H2,1-8H3. The number of anilines is 1. The van der Waals surface area contributed by atoms with Crippen LogP contribution in [-0.2, 0) is 0 Å².